The highest BCUT2D eigenvalue weighted by Gasteiger charge is 2.10. The van der Waals surface area contributed by atoms with Gasteiger partial charge in [0, 0.05) is 29.7 Å². The molecule has 0 atom stereocenters. The van der Waals surface area contributed by atoms with Crippen molar-refractivity contribution in [2.45, 2.75) is 40.3 Å². The summed E-state index contributed by atoms with van der Waals surface area (Å²) in [4.78, 5) is 0. The standard InChI is InChI=1S/C16H24N2S/c1-4-19-9-5-8-18-13(3)12(2)15-10-14(11-17)6-7-16(15)18/h6-7,10H,4-5,8-9,11,17H2,1-3H3. The molecule has 0 amide bonds. The average Bonchev–Trinajstić information content (AvgIpc) is 2.67. The van der Waals surface area contributed by atoms with Crippen LogP contribution in [0.1, 0.15) is 30.2 Å². The second-order valence-electron chi connectivity index (χ2n) is 4.97. The maximum atomic E-state index is 5.74. The molecule has 2 N–H and O–H groups in total. The average molecular weight is 276 g/mol. The minimum absolute atomic E-state index is 0.618. The van der Waals surface area contributed by atoms with Gasteiger partial charge < -0.3 is 10.3 Å². The Balaban J connectivity index is 2.30. The molecule has 104 valence electrons. The highest BCUT2D eigenvalue weighted by molar-refractivity contribution is 7.99. The fraction of sp³-hybridized carbons (Fsp3) is 0.500. The van der Waals surface area contributed by atoms with Crippen molar-refractivity contribution in [2.75, 3.05) is 11.5 Å². The number of aromatic nitrogens is 1. The van der Waals surface area contributed by atoms with Gasteiger partial charge in [-0.1, -0.05) is 13.0 Å². The number of rotatable bonds is 6. The first-order chi connectivity index (χ1) is 9.19. The van der Waals surface area contributed by atoms with E-state index >= 15 is 0 Å². The van der Waals surface area contributed by atoms with E-state index in [-0.39, 0.29) is 0 Å². The van der Waals surface area contributed by atoms with Crippen molar-refractivity contribution in [1.29, 1.82) is 0 Å². The van der Waals surface area contributed by atoms with Crippen LogP contribution in [-0.2, 0) is 13.1 Å². The van der Waals surface area contributed by atoms with Gasteiger partial charge in [-0.05, 0) is 55.0 Å². The molecule has 0 aliphatic carbocycles. The lowest BCUT2D eigenvalue weighted by molar-refractivity contribution is 0.689. The highest BCUT2D eigenvalue weighted by Crippen LogP contribution is 2.26. The van der Waals surface area contributed by atoms with Crippen molar-refractivity contribution >= 4 is 22.7 Å². The predicted molar refractivity (Wildman–Crippen MR) is 86.9 cm³/mol. The second kappa shape index (κ2) is 6.49. The Morgan fingerprint density at radius 1 is 1.26 bits per heavy atom. The van der Waals surface area contributed by atoms with Crippen molar-refractivity contribution in [3.05, 3.63) is 35.0 Å². The summed E-state index contributed by atoms with van der Waals surface area (Å²) in [6.07, 6.45) is 1.24. The molecule has 19 heavy (non-hydrogen) atoms. The van der Waals surface area contributed by atoms with Crippen molar-refractivity contribution in [3.63, 3.8) is 0 Å². The highest BCUT2D eigenvalue weighted by atomic mass is 32.2. The monoisotopic (exact) mass is 276 g/mol. The molecule has 3 heteroatoms. The molecule has 2 nitrogen and oxygen atoms in total. The normalized spacial score (nSPS) is 11.4. The molecule has 0 spiro atoms. The Morgan fingerprint density at radius 2 is 2.05 bits per heavy atom. The largest absolute Gasteiger partial charge is 0.345 e. The van der Waals surface area contributed by atoms with Gasteiger partial charge in [-0.25, -0.2) is 0 Å². The fourth-order valence-electron chi connectivity index (χ4n) is 2.58. The smallest absolute Gasteiger partial charge is 0.0485 e. The Bertz CT molecular complexity index is 557. The molecule has 0 saturated carbocycles. The summed E-state index contributed by atoms with van der Waals surface area (Å²) in [5.74, 6) is 2.46. The van der Waals surface area contributed by atoms with E-state index in [0.717, 1.165) is 6.54 Å². The third kappa shape index (κ3) is 2.98. The zero-order chi connectivity index (χ0) is 13.8. The molecule has 0 bridgehead atoms. The summed E-state index contributed by atoms with van der Waals surface area (Å²) in [6.45, 7) is 8.40. The van der Waals surface area contributed by atoms with E-state index < -0.39 is 0 Å². The second-order valence-corrected chi connectivity index (χ2v) is 6.36. The van der Waals surface area contributed by atoms with E-state index in [1.165, 1.54) is 45.7 Å². The molecule has 1 aromatic heterocycles. The summed E-state index contributed by atoms with van der Waals surface area (Å²) >= 11 is 2.02. The van der Waals surface area contributed by atoms with E-state index in [9.17, 15) is 0 Å². The van der Waals surface area contributed by atoms with Gasteiger partial charge in [0.15, 0.2) is 0 Å². The SMILES string of the molecule is CCSCCCn1c(C)c(C)c2cc(CN)ccc21. The molecule has 0 radical (unpaired) electrons. The fourth-order valence-corrected chi connectivity index (χ4v) is 3.20. The summed E-state index contributed by atoms with van der Waals surface area (Å²) in [5.41, 5.74) is 11.1. The molecule has 0 aliphatic rings. The van der Waals surface area contributed by atoms with Crippen LogP contribution in [0.5, 0.6) is 0 Å². The van der Waals surface area contributed by atoms with E-state index in [2.05, 4.69) is 43.5 Å². The molecule has 0 aliphatic heterocycles. The van der Waals surface area contributed by atoms with Gasteiger partial charge in [0.1, 0.15) is 0 Å². The van der Waals surface area contributed by atoms with E-state index in [4.69, 9.17) is 5.73 Å². The van der Waals surface area contributed by atoms with Crippen molar-refractivity contribution < 1.29 is 0 Å². The molecule has 0 saturated heterocycles. The number of thioether (sulfide) groups is 1. The van der Waals surface area contributed by atoms with Crippen LogP contribution in [0.2, 0.25) is 0 Å². The third-order valence-corrected chi connectivity index (χ3v) is 4.80. The maximum Gasteiger partial charge on any atom is 0.0485 e. The first-order valence-electron chi connectivity index (χ1n) is 7.05. The van der Waals surface area contributed by atoms with Crippen LogP contribution in [0, 0.1) is 13.8 Å². The first-order valence-corrected chi connectivity index (χ1v) is 8.20. The number of hydrogen-bond acceptors (Lipinski definition) is 2. The Hall–Kier alpha value is -0.930. The number of aryl methyl sites for hydroxylation is 2. The van der Waals surface area contributed by atoms with Crippen LogP contribution in [0.15, 0.2) is 18.2 Å². The Labute approximate surface area is 120 Å². The van der Waals surface area contributed by atoms with E-state index in [1.807, 2.05) is 11.8 Å². The number of nitrogens with two attached hydrogens (primary N) is 1. The van der Waals surface area contributed by atoms with Crippen LogP contribution in [-0.4, -0.2) is 16.1 Å². The van der Waals surface area contributed by atoms with Gasteiger partial charge in [-0.2, -0.15) is 11.8 Å². The first kappa shape index (κ1) is 14.5. The Kier molecular flexibility index (Phi) is 4.94. The van der Waals surface area contributed by atoms with Gasteiger partial charge in [0.2, 0.25) is 0 Å². The summed E-state index contributed by atoms with van der Waals surface area (Å²) in [6, 6.07) is 6.62. The van der Waals surface area contributed by atoms with Crippen LogP contribution < -0.4 is 5.73 Å². The van der Waals surface area contributed by atoms with Crippen molar-refractivity contribution in [3.8, 4) is 0 Å². The number of nitrogens with zero attached hydrogens (tertiary/aromatic N) is 1. The lowest BCUT2D eigenvalue weighted by Gasteiger charge is -2.08. The molecule has 0 unspecified atom stereocenters. The van der Waals surface area contributed by atoms with E-state index in [1.54, 1.807) is 0 Å². The zero-order valence-corrected chi connectivity index (χ0v) is 13.0. The summed E-state index contributed by atoms with van der Waals surface area (Å²) < 4.78 is 2.46. The van der Waals surface area contributed by atoms with Crippen LogP contribution in [0.4, 0.5) is 0 Å². The maximum absolute atomic E-state index is 5.74. The van der Waals surface area contributed by atoms with Gasteiger partial charge in [-0.3, -0.25) is 0 Å². The minimum Gasteiger partial charge on any atom is -0.345 e. The van der Waals surface area contributed by atoms with Crippen LogP contribution >= 0.6 is 11.8 Å². The predicted octanol–water partition coefficient (Wildman–Crippen LogP) is 3.86. The lowest BCUT2D eigenvalue weighted by Crippen LogP contribution is -2.02. The molecule has 1 aromatic carbocycles. The van der Waals surface area contributed by atoms with Crippen LogP contribution in [0.3, 0.4) is 0 Å². The third-order valence-electron chi connectivity index (χ3n) is 3.81. The summed E-state index contributed by atoms with van der Waals surface area (Å²) in [7, 11) is 0. The lowest BCUT2D eigenvalue weighted by atomic mass is 10.1. The van der Waals surface area contributed by atoms with Gasteiger partial charge in [-0.15, -0.1) is 0 Å². The van der Waals surface area contributed by atoms with Crippen LogP contribution in [0.25, 0.3) is 10.9 Å². The molecular weight excluding hydrogens is 252 g/mol. The topological polar surface area (TPSA) is 30.9 Å². The molecule has 2 aromatic rings. The number of benzene rings is 1. The quantitative estimate of drug-likeness (QED) is 0.812. The van der Waals surface area contributed by atoms with Crippen molar-refractivity contribution in [2.24, 2.45) is 5.73 Å². The van der Waals surface area contributed by atoms with Crippen molar-refractivity contribution in [1.82, 2.24) is 4.57 Å². The summed E-state index contributed by atoms with van der Waals surface area (Å²) in [5, 5.41) is 1.36. The van der Waals surface area contributed by atoms with E-state index in [0.29, 0.717) is 6.54 Å². The van der Waals surface area contributed by atoms with Gasteiger partial charge in [0.25, 0.3) is 0 Å². The zero-order valence-electron chi connectivity index (χ0n) is 12.2. The number of hydrogen-bond donors (Lipinski definition) is 1. The minimum atomic E-state index is 0.618. The molecular formula is C16H24N2S. The van der Waals surface area contributed by atoms with Gasteiger partial charge in [0.05, 0.1) is 0 Å². The molecule has 2 rings (SSSR count). The Morgan fingerprint density at radius 3 is 2.74 bits per heavy atom. The number of fused-ring (bicyclic) bond motifs is 1. The molecule has 0 fully saturated rings. The van der Waals surface area contributed by atoms with Gasteiger partial charge >= 0.3 is 0 Å². The molecule has 1 heterocycles.